The molecule has 0 aliphatic heterocycles. The van der Waals surface area contributed by atoms with Crippen molar-refractivity contribution in [2.24, 2.45) is 0 Å². The Balaban J connectivity index is 2.24. The molecule has 2 aromatic carbocycles. The van der Waals surface area contributed by atoms with Gasteiger partial charge >= 0.3 is 129 Å². The molecule has 0 spiro atoms. The zero-order chi connectivity index (χ0) is 15.1. The van der Waals surface area contributed by atoms with E-state index >= 15 is 0 Å². The van der Waals surface area contributed by atoms with E-state index in [9.17, 15) is 8.78 Å². The molecule has 1 atom stereocenters. The zero-order valence-corrected chi connectivity index (χ0v) is 13.1. The van der Waals surface area contributed by atoms with Crippen LogP contribution in [0.2, 0.25) is 0 Å². The molecule has 0 aliphatic carbocycles. The van der Waals surface area contributed by atoms with E-state index in [1.807, 2.05) is 6.07 Å². The first kappa shape index (κ1) is 15.9. The Morgan fingerprint density at radius 2 is 1.62 bits per heavy atom. The summed E-state index contributed by atoms with van der Waals surface area (Å²) in [6, 6.07) is 17.4. The van der Waals surface area contributed by atoms with Crippen molar-refractivity contribution in [3.8, 4) is 0 Å². The van der Waals surface area contributed by atoms with Crippen molar-refractivity contribution >= 4 is 19.4 Å². The molecule has 0 saturated heterocycles. The Kier molecular flexibility index (Phi) is 5.68. The maximum absolute atomic E-state index is 14.7. The topological polar surface area (TPSA) is 9.23 Å². The van der Waals surface area contributed by atoms with Crippen LogP contribution in [0.5, 0.6) is 0 Å². The van der Waals surface area contributed by atoms with E-state index in [-0.39, 0.29) is 6.61 Å². The standard InChI is InChI=1S/C17H16F2OSe/c1-2-13-20-16(14-9-5-3-6-10-14)17(18,19)21-15-11-7-4-8-12-15/h2-12,16H,1,13H2. The van der Waals surface area contributed by atoms with E-state index in [1.165, 1.54) is 6.08 Å². The molecule has 110 valence electrons. The summed E-state index contributed by atoms with van der Waals surface area (Å²) in [7, 11) is 0. The number of ether oxygens (including phenoxy) is 1. The summed E-state index contributed by atoms with van der Waals surface area (Å²) >= 11 is -1.00. The quantitative estimate of drug-likeness (QED) is 0.546. The van der Waals surface area contributed by atoms with Crippen molar-refractivity contribution in [2.75, 3.05) is 6.61 Å². The van der Waals surface area contributed by atoms with Crippen LogP contribution in [0.4, 0.5) is 8.78 Å². The SMILES string of the molecule is C=CCOC(c1ccccc1)C(F)(F)[Se]c1ccccc1. The van der Waals surface area contributed by atoms with Crippen LogP contribution in [0.3, 0.4) is 0 Å². The average Bonchev–Trinajstić information content (AvgIpc) is 2.49. The van der Waals surface area contributed by atoms with Crippen molar-refractivity contribution in [1.29, 1.82) is 0 Å². The second-order valence-electron chi connectivity index (χ2n) is 4.39. The van der Waals surface area contributed by atoms with Gasteiger partial charge in [0.15, 0.2) is 0 Å². The third-order valence-electron chi connectivity index (χ3n) is 2.79. The van der Waals surface area contributed by atoms with Gasteiger partial charge in [0.1, 0.15) is 0 Å². The first-order valence-corrected chi connectivity index (χ1v) is 8.24. The van der Waals surface area contributed by atoms with E-state index in [1.54, 1.807) is 54.6 Å². The summed E-state index contributed by atoms with van der Waals surface area (Å²) in [4.78, 5) is -2.93. The molecule has 2 aromatic rings. The van der Waals surface area contributed by atoms with Gasteiger partial charge in [-0.15, -0.1) is 0 Å². The van der Waals surface area contributed by atoms with E-state index in [2.05, 4.69) is 6.58 Å². The van der Waals surface area contributed by atoms with Crippen LogP contribution >= 0.6 is 0 Å². The van der Waals surface area contributed by atoms with E-state index in [0.717, 1.165) is 0 Å². The fraction of sp³-hybridized carbons (Fsp3) is 0.176. The van der Waals surface area contributed by atoms with Crippen LogP contribution in [-0.4, -0.2) is 26.4 Å². The third-order valence-corrected chi connectivity index (χ3v) is 4.87. The fourth-order valence-electron chi connectivity index (χ4n) is 1.88. The van der Waals surface area contributed by atoms with Gasteiger partial charge in [0, 0.05) is 0 Å². The van der Waals surface area contributed by atoms with E-state index in [0.29, 0.717) is 10.0 Å². The Labute approximate surface area is 129 Å². The minimum atomic E-state index is -2.93. The normalized spacial score (nSPS) is 12.9. The molecule has 0 bridgehead atoms. The van der Waals surface area contributed by atoms with Crippen LogP contribution in [0.25, 0.3) is 0 Å². The number of rotatable bonds is 7. The molecule has 0 heterocycles. The molecule has 0 aliphatic rings. The van der Waals surface area contributed by atoms with Gasteiger partial charge in [0.05, 0.1) is 0 Å². The summed E-state index contributed by atoms with van der Waals surface area (Å²) in [5.41, 5.74) is 0.488. The molecule has 0 saturated carbocycles. The van der Waals surface area contributed by atoms with Gasteiger partial charge in [-0.25, -0.2) is 0 Å². The van der Waals surface area contributed by atoms with Crippen molar-refractivity contribution in [2.45, 2.75) is 10.9 Å². The fourth-order valence-corrected chi connectivity index (χ4v) is 3.81. The summed E-state index contributed by atoms with van der Waals surface area (Å²) < 4.78 is 35.3. The molecule has 4 heteroatoms. The van der Waals surface area contributed by atoms with E-state index in [4.69, 9.17) is 4.74 Å². The third kappa shape index (κ3) is 4.50. The van der Waals surface area contributed by atoms with Gasteiger partial charge in [0.2, 0.25) is 0 Å². The van der Waals surface area contributed by atoms with Gasteiger partial charge in [-0.05, 0) is 0 Å². The van der Waals surface area contributed by atoms with Crippen LogP contribution < -0.4 is 4.46 Å². The molecule has 0 amide bonds. The number of benzene rings is 2. The van der Waals surface area contributed by atoms with Crippen molar-refractivity contribution < 1.29 is 13.5 Å². The van der Waals surface area contributed by atoms with Gasteiger partial charge < -0.3 is 0 Å². The molecule has 0 fully saturated rings. The van der Waals surface area contributed by atoms with Gasteiger partial charge in [-0.1, -0.05) is 0 Å². The van der Waals surface area contributed by atoms with Crippen LogP contribution in [-0.2, 0) is 4.74 Å². The van der Waals surface area contributed by atoms with Crippen LogP contribution in [0, 0.1) is 0 Å². The van der Waals surface area contributed by atoms with Gasteiger partial charge in [-0.2, -0.15) is 0 Å². The summed E-state index contributed by atoms with van der Waals surface area (Å²) in [6.07, 6.45) is 0.235. The number of hydrogen-bond acceptors (Lipinski definition) is 1. The summed E-state index contributed by atoms with van der Waals surface area (Å²) in [5.74, 6) is 0. The molecular weight excluding hydrogens is 337 g/mol. The molecule has 1 unspecified atom stereocenters. The van der Waals surface area contributed by atoms with Crippen LogP contribution in [0.1, 0.15) is 11.7 Å². The van der Waals surface area contributed by atoms with E-state index < -0.39 is 25.9 Å². The average molecular weight is 353 g/mol. The molecule has 0 aromatic heterocycles. The van der Waals surface area contributed by atoms with Crippen molar-refractivity contribution in [3.63, 3.8) is 0 Å². The molecular formula is C17H16F2OSe. The number of halogens is 2. The van der Waals surface area contributed by atoms with Crippen molar-refractivity contribution in [3.05, 3.63) is 78.9 Å². The van der Waals surface area contributed by atoms with Gasteiger partial charge in [-0.3, -0.25) is 0 Å². The monoisotopic (exact) mass is 354 g/mol. The Hall–Kier alpha value is -1.48. The predicted molar refractivity (Wildman–Crippen MR) is 82.1 cm³/mol. The molecule has 2 rings (SSSR count). The summed E-state index contributed by atoms with van der Waals surface area (Å²) in [6.45, 7) is 3.62. The molecule has 0 radical (unpaired) electrons. The first-order chi connectivity index (χ1) is 10.1. The molecule has 21 heavy (non-hydrogen) atoms. The van der Waals surface area contributed by atoms with Crippen LogP contribution in [0.15, 0.2) is 73.3 Å². The Morgan fingerprint density at radius 3 is 2.19 bits per heavy atom. The molecule has 0 N–H and O–H groups in total. The number of alkyl halides is 2. The van der Waals surface area contributed by atoms with Crippen molar-refractivity contribution in [1.82, 2.24) is 0 Å². The Bertz CT molecular complexity index is 558. The molecule has 1 nitrogen and oxygen atoms in total. The maximum atomic E-state index is 14.7. The minimum absolute atomic E-state index is 0.0972. The second kappa shape index (κ2) is 7.51. The van der Waals surface area contributed by atoms with Gasteiger partial charge in [0.25, 0.3) is 0 Å². The zero-order valence-electron chi connectivity index (χ0n) is 11.4. The number of hydrogen-bond donors (Lipinski definition) is 0. The summed E-state index contributed by atoms with van der Waals surface area (Å²) in [5, 5.41) is 0. The second-order valence-corrected chi connectivity index (χ2v) is 6.95. The Morgan fingerprint density at radius 1 is 1.05 bits per heavy atom. The predicted octanol–water partition coefficient (Wildman–Crippen LogP) is 3.55. The first-order valence-electron chi connectivity index (χ1n) is 6.53.